The molecule has 3 aromatic carbocycles. The minimum absolute atomic E-state index is 0.108. The number of halogens is 3. The fourth-order valence-electron chi connectivity index (χ4n) is 3.73. The van der Waals surface area contributed by atoms with Crippen LogP contribution in [-0.2, 0) is 6.18 Å². The summed E-state index contributed by atoms with van der Waals surface area (Å²) in [4.78, 5) is 22.0. The number of aromatic hydroxyl groups is 1. The van der Waals surface area contributed by atoms with Gasteiger partial charge in [-0.05, 0) is 24.3 Å². The SMILES string of the molecule is O=c1c2ccccc2c(C=Nc2nc(-c3ccccc3)cs2)c(O)n1-c1cccc(C(F)(F)F)c1. The van der Waals surface area contributed by atoms with Crippen LogP contribution in [0.5, 0.6) is 5.88 Å². The van der Waals surface area contributed by atoms with Gasteiger partial charge in [-0.1, -0.05) is 54.6 Å². The van der Waals surface area contributed by atoms with E-state index in [-0.39, 0.29) is 16.6 Å². The number of aromatic nitrogens is 2. The highest BCUT2D eigenvalue weighted by Crippen LogP contribution is 2.33. The molecule has 1 N–H and O–H groups in total. The molecule has 0 atom stereocenters. The average molecular weight is 491 g/mol. The lowest BCUT2D eigenvalue weighted by Crippen LogP contribution is -2.20. The van der Waals surface area contributed by atoms with Crippen LogP contribution in [0.2, 0.25) is 0 Å². The molecule has 0 bridgehead atoms. The Balaban J connectivity index is 1.64. The molecular weight excluding hydrogens is 475 g/mol. The maximum Gasteiger partial charge on any atom is 0.416 e. The Bertz CT molecular complexity index is 1620. The van der Waals surface area contributed by atoms with Crippen molar-refractivity contribution in [1.82, 2.24) is 9.55 Å². The molecule has 5 nitrogen and oxygen atoms in total. The summed E-state index contributed by atoms with van der Waals surface area (Å²) in [5, 5.41) is 14.0. The van der Waals surface area contributed by atoms with Crippen LogP contribution in [0, 0.1) is 0 Å². The van der Waals surface area contributed by atoms with Crippen LogP contribution < -0.4 is 5.56 Å². The van der Waals surface area contributed by atoms with Crippen molar-refractivity contribution in [3.63, 3.8) is 0 Å². The van der Waals surface area contributed by atoms with Crippen molar-refractivity contribution >= 4 is 33.5 Å². The highest BCUT2D eigenvalue weighted by Gasteiger charge is 2.31. The zero-order chi connectivity index (χ0) is 24.6. The molecule has 9 heteroatoms. The van der Waals surface area contributed by atoms with E-state index in [2.05, 4.69) is 9.98 Å². The van der Waals surface area contributed by atoms with Crippen molar-refractivity contribution in [3.8, 4) is 22.8 Å². The molecule has 35 heavy (non-hydrogen) atoms. The first-order valence-electron chi connectivity index (χ1n) is 10.4. The van der Waals surface area contributed by atoms with Gasteiger partial charge in [0.05, 0.1) is 22.5 Å². The van der Waals surface area contributed by atoms with Gasteiger partial charge in [0.15, 0.2) is 0 Å². The molecular formula is C26H16F3N3O2S. The van der Waals surface area contributed by atoms with Gasteiger partial charge < -0.3 is 5.11 Å². The highest BCUT2D eigenvalue weighted by molar-refractivity contribution is 7.13. The van der Waals surface area contributed by atoms with Gasteiger partial charge in [0.1, 0.15) is 0 Å². The summed E-state index contributed by atoms with van der Waals surface area (Å²) in [7, 11) is 0. The van der Waals surface area contributed by atoms with E-state index >= 15 is 0 Å². The van der Waals surface area contributed by atoms with E-state index in [9.17, 15) is 23.1 Å². The molecule has 5 aromatic rings. The molecule has 2 aromatic heterocycles. The molecule has 174 valence electrons. The van der Waals surface area contributed by atoms with Crippen LogP contribution in [0.1, 0.15) is 11.1 Å². The van der Waals surface area contributed by atoms with Crippen molar-refractivity contribution in [3.05, 3.63) is 106 Å². The Morgan fingerprint density at radius 3 is 2.40 bits per heavy atom. The number of rotatable bonds is 4. The van der Waals surface area contributed by atoms with Gasteiger partial charge in [0.25, 0.3) is 5.56 Å². The summed E-state index contributed by atoms with van der Waals surface area (Å²) in [5.41, 5.74) is 0.177. The second-order valence-corrected chi connectivity index (χ2v) is 8.45. The Morgan fingerprint density at radius 2 is 1.66 bits per heavy atom. The fourth-order valence-corrected chi connectivity index (χ4v) is 4.41. The third kappa shape index (κ3) is 4.33. The Labute approximate surface area is 201 Å². The third-order valence-corrected chi connectivity index (χ3v) is 6.15. The van der Waals surface area contributed by atoms with Gasteiger partial charge in [0, 0.05) is 27.9 Å². The van der Waals surface area contributed by atoms with Crippen LogP contribution in [0.15, 0.2) is 94.0 Å². The number of hydrogen-bond donors (Lipinski definition) is 1. The van der Waals surface area contributed by atoms with Gasteiger partial charge in [-0.2, -0.15) is 13.2 Å². The van der Waals surface area contributed by atoms with Crippen LogP contribution in [0.25, 0.3) is 27.7 Å². The third-order valence-electron chi connectivity index (χ3n) is 5.40. The van der Waals surface area contributed by atoms with Crippen LogP contribution in [0.4, 0.5) is 18.3 Å². The molecule has 0 radical (unpaired) electrons. The molecule has 0 unspecified atom stereocenters. The largest absolute Gasteiger partial charge is 0.494 e. The topological polar surface area (TPSA) is 67.5 Å². The van der Waals surface area contributed by atoms with Crippen molar-refractivity contribution in [2.75, 3.05) is 0 Å². The number of hydrogen-bond acceptors (Lipinski definition) is 5. The van der Waals surface area contributed by atoms with Crippen LogP contribution >= 0.6 is 11.3 Å². The second-order valence-electron chi connectivity index (χ2n) is 7.61. The Morgan fingerprint density at radius 1 is 0.943 bits per heavy atom. The smallest absolute Gasteiger partial charge is 0.416 e. The minimum Gasteiger partial charge on any atom is -0.494 e. The van der Waals surface area contributed by atoms with E-state index in [1.165, 1.54) is 29.7 Å². The number of alkyl halides is 3. The average Bonchev–Trinajstić information content (AvgIpc) is 3.33. The fraction of sp³-hybridized carbons (Fsp3) is 0.0385. The molecule has 2 heterocycles. The molecule has 0 fully saturated rings. The van der Waals surface area contributed by atoms with E-state index in [0.29, 0.717) is 10.5 Å². The number of nitrogens with zero attached hydrogens (tertiary/aromatic N) is 3. The predicted octanol–water partition coefficient (Wildman–Crippen LogP) is 6.59. The molecule has 0 amide bonds. The van der Waals surface area contributed by atoms with E-state index < -0.39 is 23.2 Å². The van der Waals surface area contributed by atoms with Gasteiger partial charge in [0.2, 0.25) is 11.0 Å². The van der Waals surface area contributed by atoms with Crippen molar-refractivity contribution in [1.29, 1.82) is 0 Å². The molecule has 5 rings (SSSR count). The molecule has 0 saturated heterocycles. The molecule has 0 aliphatic heterocycles. The summed E-state index contributed by atoms with van der Waals surface area (Å²) in [6.45, 7) is 0. The van der Waals surface area contributed by atoms with Gasteiger partial charge >= 0.3 is 6.18 Å². The number of fused-ring (bicyclic) bond motifs is 1. The zero-order valence-corrected chi connectivity index (χ0v) is 18.7. The van der Waals surface area contributed by atoms with E-state index in [1.54, 1.807) is 24.3 Å². The lowest BCUT2D eigenvalue weighted by atomic mass is 10.1. The maximum absolute atomic E-state index is 13.3. The minimum atomic E-state index is -4.60. The number of aliphatic imine (C=N–C) groups is 1. The normalized spacial score (nSPS) is 12.0. The monoisotopic (exact) mass is 491 g/mol. The van der Waals surface area contributed by atoms with Gasteiger partial charge in [-0.15, -0.1) is 11.3 Å². The lowest BCUT2D eigenvalue weighted by molar-refractivity contribution is -0.137. The highest BCUT2D eigenvalue weighted by atomic mass is 32.1. The Hall–Kier alpha value is -4.24. The first-order valence-corrected chi connectivity index (χ1v) is 11.3. The lowest BCUT2D eigenvalue weighted by Gasteiger charge is -2.15. The van der Waals surface area contributed by atoms with Gasteiger partial charge in [-0.25, -0.2) is 14.5 Å². The number of pyridine rings is 1. The molecule has 0 aliphatic rings. The molecule has 0 spiro atoms. The summed E-state index contributed by atoms with van der Waals surface area (Å²) in [6, 6.07) is 20.3. The van der Waals surface area contributed by atoms with Crippen molar-refractivity contribution in [2.24, 2.45) is 4.99 Å². The van der Waals surface area contributed by atoms with Gasteiger partial charge in [-0.3, -0.25) is 4.79 Å². The molecule has 0 saturated carbocycles. The summed E-state index contributed by atoms with van der Waals surface area (Å²) in [6.07, 6.45) is -3.23. The molecule has 0 aliphatic carbocycles. The van der Waals surface area contributed by atoms with Crippen molar-refractivity contribution < 1.29 is 18.3 Å². The summed E-state index contributed by atoms with van der Waals surface area (Å²) >= 11 is 1.30. The van der Waals surface area contributed by atoms with E-state index in [1.807, 2.05) is 35.7 Å². The van der Waals surface area contributed by atoms with E-state index in [0.717, 1.165) is 28.0 Å². The standard InChI is InChI=1S/C26H16F3N3O2S/c27-26(28,29)17-9-6-10-18(13-17)32-23(33)20-12-5-4-11-19(20)21(24(32)34)14-30-25-31-22(15-35-25)16-7-2-1-3-8-16/h1-15,34H. The van der Waals surface area contributed by atoms with Crippen LogP contribution in [0.3, 0.4) is 0 Å². The Kier molecular flexibility index (Phi) is 5.70. The quantitative estimate of drug-likeness (QED) is 0.289. The zero-order valence-electron chi connectivity index (χ0n) is 17.9. The summed E-state index contributed by atoms with van der Waals surface area (Å²) in [5.74, 6) is -0.517. The first kappa shape index (κ1) is 22.5. The number of benzene rings is 3. The maximum atomic E-state index is 13.3. The predicted molar refractivity (Wildman–Crippen MR) is 131 cm³/mol. The summed E-state index contributed by atoms with van der Waals surface area (Å²) < 4.78 is 40.7. The number of thiazole rings is 1. The first-order chi connectivity index (χ1) is 16.8. The van der Waals surface area contributed by atoms with E-state index in [4.69, 9.17) is 0 Å². The second kappa shape index (κ2) is 8.84. The van der Waals surface area contributed by atoms with Crippen molar-refractivity contribution in [2.45, 2.75) is 6.18 Å². The van der Waals surface area contributed by atoms with Crippen LogP contribution in [-0.4, -0.2) is 20.9 Å².